The van der Waals surface area contributed by atoms with E-state index in [1.54, 1.807) is 0 Å². The molecule has 0 N–H and O–H groups in total. The van der Waals surface area contributed by atoms with Gasteiger partial charge in [-0.2, -0.15) is 0 Å². The number of rotatable bonds is 2. The minimum atomic E-state index is 0.520. The lowest BCUT2D eigenvalue weighted by molar-refractivity contribution is 0.119. The third kappa shape index (κ3) is 2.68. The van der Waals surface area contributed by atoms with Gasteiger partial charge in [0.2, 0.25) is 0 Å². The zero-order valence-electron chi connectivity index (χ0n) is 14.4. The molecule has 1 heterocycles. The van der Waals surface area contributed by atoms with Crippen molar-refractivity contribution in [1.82, 2.24) is 9.80 Å². The second-order valence-electron chi connectivity index (χ2n) is 7.27. The van der Waals surface area contributed by atoms with Crippen molar-refractivity contribution in [2.24, 2.45) is 0 Å². The van der Waals surface area contributed by atoms with E-state index in [0.29, 0.717) is 24.3 Å². The van der Waals surface area contributed by atoms with Crippen molar-refractivity contribution < 1.29 is 0 Å². The van der Waals surface area contributed by atoms with Gasteiger partial charge in [-0.05, 0) is 57.2 Å². The second kappa shape index (κ2) is 6.26. The summed E-state index contributed by atoms with van der Waals surface area (Å²) in [7, 11) is 2.28. The van der Waals surface area contributed by atoms with Gasteiger partial charge >= 0.3 is 0 Å². The lowest BCUT2D eigenvalue weighted by Gasteiger charge is -2.36. The third-order valence-corrected chi connectivity index (χ3v) is 6.02. The zero-order valence-corrected chi connectivity index (χ0v) is 14.4. The molecule has 122 valence electrons. The zero-order chi connectivity index (χ0) is 15.8. The van der Waals surface area contributed by atoms with E-state index in [0.717, 1.165) is 6.42 Å². The summed E-state index contributed by atoms with van der Waals surface area (Å²) in [6.07, 6.45) is 25.6. The first-order chi connectivity index (χ1) is 11.3. The Kier molecular flexibility index (Phi) is 4.13. The summed E-state index contributed by atoms with van der Waals surface area (Å²) in [5, 5.41) is 0. The van der Waals surface area contributed by atoms with E-state index in [4.69, 9.17) is 0 Å². The minimum Gasteiger partial charge on any atom is -0.283 e. The average Bonchev–Trinajstić information content (AvgIpc) is 2.87. The molecule has 0 aromatic carbocycles. The highest BCUT2D eigenvalue weighted by molar-refractivity contribution is 5.49. The number of nitrogens with zero attached hydrogens (tertiary/aromatic N) is 2. The Morgan fingerprint density at radius 3 is 2.57 bits per heavy atom. The maximum absolute atomic E-state index is 2.75. The number of hydrogen-bond acceptors (Lipinski definition) is 2. The smallest absolute Gasteiger partial charge is 0.0605 e. The predicted octanol–water partition coefficient (Wildman–Crippen LogP) is 4.20. The van der Waals surface area contributed by atoms with Gasteiger partial charge in [-0.3, -0.25) is 9.80 Å². The van der Waals surface area contributed by atoms with Crippen molar-refractivity contribution in [3.63, 3.8) is 0 Å². The highest BCUT2D eigenvalue weighted by atomic mass is 15.4. The lowest BCUT2D eigenvalue weighted by atomic mass is 9.91. The Morgan fingerprint density at radius 1 is 0.957 bits per heavy atom. The molecule has 0 amide bonds. The summed E-state index contributed by atoms with van der Waals surface area (Å²) in [4.78, 5) is 5.29. The summed E-state index contributed by atoms with van der Waals surface area (Å²) in [5.41, 5.74) is 2.83. The molecule has 0 bridgehead atoms. The van der Waals surface area contributed by atoms with Crippen LogP contribution in [0.25, 0.3) is 0 Å². The molecule has 2 nitrogen and oxygen atoms in total. The van der Waals surface area contributed by atoms with Crippen LogP contribution in [0.4, 0.5) is 0 Å². The first-order valence-corrected chi connectivity index (χ1v) is 9.17. The van der Waals surface area contributed by atoms with Crippen LogP contribution in [-0.2, 0) is 0 Å². The van der Waals surface area contributed by atoms with Crippen molar-refractivity contribution in [3.8, 4) is 0 Å². The third-order valence-electron chi connectivity index (χ3n) is 6.02. The fourth-order valence-corrected chi connectivity index (χ4v) is 4.67. The van der Waals surface area contributed by atoms with Crippen LogP contribution in [0.2, 0.25) is 0 Å². The molecule has 4 unspecified atom stereocenters. The van der Waals surface area contributed by atoms with E-state index >= 15 is 0 Å². The maximum Gasteiger partial charge on any atom is 0.0605 e. The van der Waals surface area contributed by atoms with E-state index in [2.05, 4.69) is 72.4 Å². The van der Waals surface area contributed by atoms with Crippen LogP contribution in [0.15, 0.2) is 59.8 Å². The molecule has 23 heavy (non-hydrogen) atoms. The fourth-order valence-electron chi connectivity index (χ4n) is 4.67. The van der Waals surface area contributed by atoms with Gasteiger partial charge in [-0.15, -0.1) is 0 Å². The Balaban J connectivity index is 1.51. The molecule has 0 aromatic rings. The standard InChI is InChI=1S/C21H28N2/c1-16-22(2)20-10-6-7-11-21(20)23(16)19-14-12-18(13-15-19)17-8-4-3-5-9-17/h4,6,8-10,12-14,16,19-21H,3,5,7,11,15H2,1-2H3. The van der Waals surface area contributed by atoms with Gasteiger partial charge in [0.25, 0.3) is 0 Å². The van der Waals surface area contributed by atoms with E-state index in [1.807, 2.05) is 0 Å². The molecular weight excluding hydrogens is 280 g/mol. The Hall–Kier alpha value is -1.38. The quantitative estimate of drug-likeness (QED) is 0.706. The van der Waals surface area contributed by atoms with E-state index in [-0.39, 0.29) is 0 Å². The second-order valence-corrected chi connectivity index (χ2v) is 7.27. The highest BCUT2D eigenvalue weighted by Crippen LogP contribution is 2.36. The van der Waals surface area contributed by atoms with Crippen LogP contribution in [0.5, 0.6) is 0 Å². The van der Waals surface area contributed by atoms with Crippen molar-refractivity contribution in [3.05, 3.63) is 59.8 Å². The number of likely N-dealkylation sites (N-methyl/N-ethyl adjacent to an activating group) is 1. The maximum atomic E-state index is 2.75. The first kappa shape index (κ1) is 15.2. The SMILES string of the molecule is CC1N(C)C2C=CCCC2N1C1C=CC(C2=CCCC=C2)=CC1. The molecule has 4 atom stereocenters. The molecule has 4 rings (SSSR count). The topological polar surface area (TPSA) is 6.48 Å². The molecule has 1 saturated heterocycles. The van der Waals surface area contributed by atoms with E-state index in [9.17, 15) is 0 Å². The van der Waals surface area contributed by atoms with Crippen molar-refractivity contribution in [2.45, 2.75) is 63.3 Å². The van der Waals surface area contributed by atoms with Gasteiger partial charge in [-0.25, -0.2) is 0 Å². The minimum absolute atomic E-state index is 0.520. The monoisotopic (exact) mass is 308 g/mol. The number of hydrogen-bond donors (Lipinski definition) is 0. The van der Waals surface area contributed by atoms with Crippen LogP contribution in [0.1, 0.15) is 39.0 Å². The summed E-state index contributed by atoms with van der Waals surface area (Å²) in [6.45, 7) is 2.37. The fraction of sp³-hybridized carbons (Fsp3) is 0.524. The van der Waals surface area contributed by atoms with Gasteiger partial charge in [0.1, 0.15) is 0 Å². The largest absolute Gasteiger partial charge is 0.283 e. The molecule has 0 saturated carbocycles. The molecule has 1 fully saturated rings. The predicted molar refractivity (Wildman–Crippen MR) is 97.1 cm³/mol. The highest BCUT2D eigenvalue weighted by Gasteiger charge is 2.44. The number of fused-ring (bicyclic) bond motifs is 1. The Bertz CT molecular complexity index is 607. The van der Waals surface area contributed by atoms with Crippen molar-refractivity contribution in [2.75, 3.05) is 7.05 Å². The van der Waals surface area contributed by atoms with Crippen LogP contribution < -0.4 is 0 Å². The first-order valence-electron chi connectivity index (χ1n) is 9.17. The van der Waals surface area contributed by atoms with Gasteiger partial charge < -0.3 is 0 Å². The van der Waals surface area contributed by atoms with Gasteiger partial charge in [-0.1, -0.05) is 48.6 Å². The van der Waals surface area contributed by atoms with Crippen molar-refractivity contribution >= 4 is 0 Å². The molecule has 4 aliphatic rings. The van der Waals surface area contributed by atoms with Crippen LogP contribution in [0.3, 0.4) is 0 Å². The van der Waals surface area contributed by atoms with E-state index in [1.165, 1.54) is 36.8 Å². The van der Waals surface area contributed by atoms with Crippen LogP contribution in [-0.4, -0.2) is 41.1 Å². The van der Waals surface area contributed by atoms with Gasteiger partial charge in [0, 0.05) is 18.1 Å². The molecule has 0 spiro atoms. The molecule has 3 aliphatic carbocycles. The average molecular weight is 308 g/mol. The van der Waals surface area contributed by atoms with Crippen LogP contribution >= 0.6 is 0 Å². The normalized spacial score (nSPS) is 37.7. The summed E-state index contributed by atoms with van der Waals surface area (Å²) in [6, 6.07) is 1.82. The van der Waals surface area contributed by atoms with Gasteiger partial charge in [0.15, 0.2) is 0 Å². The molecule has 1 aliphatic heterocycles. The Morgan fingerprint density at radius 2 is 1.83 bits per heavy atom. The molecule has 0 aromatic heterocycles. The summed E-state index contributed by atoms with van der Waals surface area (Å²) >= 11 is 0. The molecule has 2 heteroatoms. The Labute approximate surface area is 140 Å². The van der Waals surface area contributed by atoms with E-state index < -0.39 is 0 Å². The molecular formula is C21H28N2. The number of allylic oxidation sites excluding steroid dienone is 7. The summed E-state index contributed by atoms with van der Waals surface area (Å²) in [5.74, 6) is 0. The van der Waals surface area contributed by atoms with Gasteiger partial charge in [0.05, 0.1) is 6.17 Å². The summed E-state index contributed by atoms with van der Waals surface area (Å²) < 4.78 is 0. The van der Waals surface area contributed by atoms with Crippen molar-refractivity contribution in [1.29, 1.82) is 0 Å². The molecule has 0 radical (unpaired) electrons. The lowest BCUT2D eigenvalue weighted by Crippen LogP contribution is -2.45. The van der Waals surface area contributed by atoms with Crippen LogP contribution in [0, 0.1) is 0 Å².